The zero-order valence-corrected chi connectivity index (χ0v) is 10.7. The fourth-order valence-electron chi connectivity index (χ4n) is 2.22. The molecule has 4 nitrogen and oxygen atoms in total. The highest BCUT2D eigenvalue weighted by Gasteiger charge is 2.26. The van der Waals surface area contributed by atoms with Crippen molar-refractivity contribution < 1.29 is 4.79 Å². The van der Waals surface area contributed by atoms with E-state index in [0.717, 1.165) is 12.8 Å². The van der Waals surface area contributed by atoms with Crippen LogP contribution < -0.4 is 16.4 Å². The average molecular weight is 227 g/mol. The summed E-state index contributed by atoms with van der Waals surface area (Å²) in [6, 6.07) is 0.180. The average Bonchev–Trinajstić information content (AvgIpc) is 2.15. The second-order valence-corrected chi connectivity index (χ2v) is 5.74. The van der Waals surface area contributed by atoms with Crippen molar-refractivity contribution in [1.29, 1.82) is 0 Å². The Kier molecular flexibility index (Phi) is 4.59. The van der Waals surface area contributed by atoms with Gasteiger partial charge in [-0.25, -0.2) is 4.79 Å². The van der Waals surface area contributed by atoms with E-state index in [0.29, 0.717) is 12.5 Å². The van der Waals surface area contributed by atoms with Crippen molar-refractivity contribution in [1.82, 2.24) is 10.6 Å². The molecular formula is C12H25N3O. The number of rotatable bonds is 2. The fraction of sp³-hybridized carbons (Fsp3) is 0.917. The molecule has 2 unspecified atom stereocenters. The number of nitrogens with one attached hydrogen (secondary N) is 2. The molecule has 2 atom stereocenters. The highest BCUT2D eigenvalue weighted by molar-refractivity contribution is 5.75. The van der Waals surface area contributed by atoms with Crippen molar-refractivity contribution in [2.24, 2.45) is 11.7 Å². The summed E-state index contributed by atoms with van der Waals surface area (Å²) < 4.78 is 0. The Hall–Kier alpha value is -0.770. The van der Waals surface area contributed by atoms with Crippen molar-refractivity contribution in [2.45, 2.75) is 58.0 Å². The van der Waals surface area contributed by atoms with Crippen molar-refractivity contribution in [3.05, 3.63) is 0 Å². The zero-order valence-electron chi connectivity index (χ0n) is 10.7. The smallest absolute Gasteiger partial charge is 0.315 e. The summed E-state index contributed by atoms with van der Waals surface area (Å²) in [4.78, 5) is 11.7. The van der Waals surface area contributed by atoms with Gasteiger partial charge < -0.3 is 16.4 Å². The Labute approximate surface area is 98.3 Å². The van der Waals surface area contributed by atoms with Crippen LogP contribution in [0.4, 0.5) is 4.79 Å². The first kappa shape index (κ1) is 13.3. The Bertz CT molecular complexity index is 235. The van der Waals surface area contributed by atoms with Crippen LogP contribution >= 0.6 is 0 Å². The van der Waals surface area contributed by atoms with Crippen molar-refractivity contribution in [3.8, 4) is 0 Å². The minimum absolute atomic E-state index is 0.0714. The van der Waals surface area contributed by atoms with Gasteiger partial charge in [-0.1, -0.05) is 12.8 Å². The van der Waals surface area contributed by atoms with E-state index in [-0.39, 0.29) is 17.6 Å². The van der Waals surface area contributed by atoms with Crippen molar-refractivity contribution >= 4 is 6.03 Å². The minimum Gasteiger partial charge on any atom is -0.335 e. The van der Waals surface area contributed by atoms with Gasteiger partial charge in [0.25, 0.3) is 0 Å². The third-order valence-electron chi connectivity index (χ3n) is 3.02. The van der Waals surface area contributed by atoms with Gasteiger partial charge in [-0.2, -0.15) is 0 Å². The molecule has 1 saturated carbocycles. The van der Waals surface area contributed by atoms with E-state index in [4.69, 9.17) is 5.73 Å². The second-order valence-electron chi connectivity index (χ2n) is 5.74. The number of carbonyl (C=O) groups excluding carboxylic acids is 1. The van der Waals surface area contributed by atoms with Crippen LogP contribution in [0.3, 0.4) is 0 Å². The molecule has 0 aromatic heterocycles. The van der Waals surface area contributed by atoms with Crippen LogP contribution in [0.2, 0.25) is 0 Å². The molecule has 0 radical (unpaired) electrons. The SMILES string of the molecule is CC(C)(C)NC(=O)NC1CCCCC1CN. The Balaban J connectivity index is 2.42. The molecule has 4 N–H and O–H groups in total. The van der Waals surface area contributed by atoms with Crippen LogP contribution in [0.5, 0.6) is 0 Å². The van der Waals surface area contributed by atoms with Crippen LogP contribution in [0, 0.1) is 5.92 Å². The van der Waals surface area contributed by atoms with E-state index in [1.165, 1.54) is 12.8 Å². The number of carbonyl (C=O) groups is 1. The number of hydrogen-bond donors (Lipinski definition) is 3. The molecular weight excluding hydrogens is 202 g/mol. The molecule has 0 aliphatic heterocycles. The molecule has 4 heteroatoms. The monoisotopic (exact) mass is 227 g/mol. The maximum absolute atomic E-state index is 11.7. The van der Waals surface area contributed by atoms with Crippen LogP contribution in [0.1, 0.15) is 46.5 Å². The van der Waals surface area contributed by atoms with Gasteiger partial charge in [0.1, 0.15) is 0 Å². The summed E-state index contributed by atoms with van der Waals surface area (Å²) in [5, 5.41) is 5.97. The van der Waals surface area contributed by atoms with Crippen molar-refractivity contribution in [3.63, 3.8) is 0 Å². The Morgan fingerprint density at radius 1 is 1.31 bits per heavy atom. The predicted octanol–water partition coefficient (Wildman–Crippen LogP) is 1.60. The number of amides is 2. The molecule has 94 valence electrons. The maximum atomic E-state index is 11.7. The first-order chi connectivity index (χ1) is 7.42. The molecule has 0 spiro atoms. The standard InChI is InChI=1S/C12H25N3O/c1-12(2,3)15-11(16)14-10-7-5-4-6-9(10)8-13/h9-10H,4-8,13H2,1-3H3,(H2,14,15,16). The third-order valence-corrected chi connectivity index (χ3v) is 3.02. The summed E-state index contributed by atoms with van der Waals surface area (Å²) >= 11 is 0. The fourth-order valence-corrected chi connectivity index (χ4v) is 2.22. The van der Waals surface area contributed by atoms with Gasteiger partial charge >= 0.3 is 6.03 Å². The first-order valence-corrected chi connectivity index (χ1v) is 6.21. The lowest BCUT2D eigenvalue weighted by molar-refractivity contribution is 0.211. The topological polar surface area (TPSA) is 67.2 Å². The molecule has 0 aromatic carbocycles. The zero-order chi connectivity index (χ0) is 12.2. The van der Waals surface area contributed by atoms with E-state index in [1.54, 1.807) is 0 Å². The summed E-state index contributed by atoms with van der Waals surface area (Å²) in [5.74, 6) is 0.444. The van der Waals surface area contributed by atoms with Crippen LogP contribution in [0.25, 0.3) is 0 Å². The molecule has 16 heavy (non-hydrogen) atoms. The molecule has 1 aliphatic carbocycles. The maximum Gasteiger partial charge on any atom is 0.315 e. The summed E-state index contributed by atoms with van der Waals surface area (Å²) in [5.41, 5.74) is 5.54. The lowest BCUT2D eigenvalue weighted by atomic mass is 9.84. The Morgan fingerprint density at radius 3 is 2.50 bits per heavy atom. The van der Waals surface area contributed by atoms with Gasteiger partial charge in [-0.05, 0) is 46.1 Å². The minimum atomic E-state index is -0.184. The number of nitrogens with two attached hydrogens (primary N) is 1. The molecule has 0 aromatic rings. The van der Waals surface area contributed by atoms with E-state index in [9.17, 15) is 4.79 Å². The van der Waals surface area contributed by atoms with Crippen molar-refractivity contribution in [2.75, 3.05) is 6.54 Å². The molecule has 1 aliphatic rings. The van der Waals surface area contributed by atoms with E-state index < -0.39 is 0 Å². The lowest BCUT2D eigenvalue weighted by Crippen LogP contribution is -2.52. The number of urea groups is 1. The van der Waals surface area contributed by atoms with Gasteiger partial charge in [0.05, 0.1) is 0 Å². The van der Waals surface area contributed by atoms with E-state index >= 15 is 0 Å². The summed E-state index contributed by atoms with van der Waals surface area (Å²) in [6.07, 6.45) is 4.62. The lowest BCUT2D eigenvalue weighted by Gasteiger charge is -2.32. The molecule has 0 saturated heterocycles. The largest absolute Gasteiger partial charge is 0.335 e. The first-order valence-electron chi connectivity index (χ1n) is 6.21. The highest BCUT2D eigenvalue weighted by atomic mass is 16.2. The van der Waals surface area contributed by atoms with Gasteiger partial charge in [-0.3, -0.25) is 0 Å². The Morgan fingerprint density at radius 2 is 1.94 bits per heavy atom. The normalized spacial score (nSPS) is 26.2. The van der Waals surface area contributed by atoms with Gasteiger partial charge in [0, 0.05) is 11.6 Å². The molecule has 0 heterocycles. The summed E-state index contributed by atoms with van der Waals surface area (Å²) in [6.45, 7) is 6.61. The van der Waals surface area contributed by atoms with E-state index in [2.05, 4.69) is 10.6 Å². The third kappa shape index (κ3) is 4.39. The van der Waals surface area contributed by atoms with Crippen LogP contribution in [-0.4, -0.2) is 24.2 Å². The van der Waals surface area contributed by atoms with Crippen LogP contribution in [-0.2, 0) is 0 Å². The van der Waals surface area contributed by atoms with Gasteiger partial charge in [0.15, 0.2) is 0 Å². The number of hydrogen-bond acceptors (Lipinski definition) is 2. The molecule has 0 bridgehead atoms. The quantitative estimate of drug-likeness (QED) is 0.671. The highest BCUT2D eigenvalue weighted by Crippen LogP contribution is 2.23. The molecule has 1 rings (SSSR count). The second kappa shape index (κ2) is 5.53. The van der Waals surface area contributed by atoms with Crippen LogP contribution in [0.15, 0.2) is 0 Å². The van der Waals surface area contributed by atoms with Gasteiger partial charge in [-0.15, -0.1) is 0 Å². The molecule has 2 amide bonds. The van der Waals surface area contributed by atoms with Gasteiger partial charge in [0.2, 0.25) is 0 Å². The predicted molar refractivity (Wildman–Crippen MR) is 66.2 cm³/mol. The van der Waals surface area contributed by atoms with E-state index in [1.807, 2.05) is 20.8 Å². The summed E-state index contributed by atoms with van der Waals surface area (Å²) in [7, 11) is 0. The molecule has 1 fully saturated rings.